The highest BCUT2D eigenvalue weighted by atomic mass is 15.0. The molecule has 0 N–H and O–H groups in total. The molecule has 0 aliphatic carbocycles. The molecule has 0 saturated heterocycles. The molecule has 0 bridgehead atoms. The predicted octanol–water partition coefficient (Wildman–Crippen LogP) is 12.6. The van der Waals surface area contributed by atoms with Gasteiger partial charge in [0.2, 0.25) is 0 Å². The maximum absolute atomic E-state index is 10.1. The van der Waals surface area contributed by atoms with Gasteiger partial charge in [-0.2, -0.15) is 0 Å². The molecular formula is C48H31N3. The van der Waals surface area contributed by atoms with E-state index in [1.807, 2.05) is 0 Å². The minimum absolute atomic E-state index is 0.136. The number of benzene rings is 8. The molecule has 0 aliphatic heterocycles. The first-order valence-corrected chi connectivity index (χ1v) is 15.8. The smallest absolute Gasteiger partial charge is 0.0652 e. The van der Waals surface area contributed by atoms with Gasteiger partial charge >= 0.3 is 0 Å². The fourth-order valence-electron chi connectivity index (χ4n) is 6.90. The van der Waals surface area contributed by atoms with Crippen molar-refractivity contribution >= 4 is 65.4 Å². The Morgan fingerprint density at radius 1 is 0.333 bits per heavy atom. The van der Waals surface area contributed by atoms with Gasteiger partial charge in [-0.25, -0.2) is 0 Å². The Labute approximate surface area is 324 Å². The van der Waals surface area contributed by atoms with Gasteiger partial charge in [0, 0.05) is 54.9 Å². The Bertz CT molecular complexity index is 4330. The van der Waals surface area contributed by atoms with E-state index >= 15 is 0 Å². The second-order valence-corrected chi connectivity index (χ2v) is 11.7. The van der Waals surface area contributed by atoms with Crippen LogP contribution in [0.25, 0.3) is 93.6 Å². The summed E-state index contributed by atoms with van der Waals surface area (Å²) in [7, 11) is 0. The highest BCUT2D eigenvalue weighted by Crippen LogP contribution is 2.41. The summed E-state index contributed by atoms with van der Waals surface area (Å²) in [6.45, 7) is 0. The zero-order chi connectivity index (χ0) is 51.7. The number of nitrogens with zero attached hydrogens (tertiary/aromatic N) is 3. The van der Waals surface area contributed by atoms with Gasteiger partial charge < -0.3 is 13.7 Å². The summed E-state index contributed by atoms with van der Waals surface area (Å²) < 4.78 is 197. The van der Waals surface area contributed by atoms with E-state index in [1.54, 1.807) is 60.7 Å². The van der Waals surface area contributed by atoms with Crippen molar-refractivity contribution < 1.29 is 28.8 Å². The summed E-state index contributed by atoms with van der Waals surface area (Å²) >= 11 is 0. The first-order chi connectivity index (χ1) is 34.1. The minimum atomic E-state index is -0.844. The van der Waals surface area contributed by atoms with Crippen LogP contribution in [0.5, 0.6) is 0 Å². The molecule has 0 saturated carbocycles. The van der Waals surface area contributed by atoms with Gasteiger partial charge in [0.25, 0.3) is 0 Å². The van der Waals surface area contributed by atoms with Crippen molar-refractivity contribution in [3.63, 3.8) is 0 Å². The molecule has 3 heterocycles. The van der Waals surface area contributed by atoms with Crippen LogP contribution in [-0.2, 0) is 0 Å². The third kappa shape index (κ3) is 4.06. The number of aromatic nitrogens is 3. The Balaban J connectivity index is 1.39. The number of rotatable bonds is 4. The fraction of sp³-hybridized carbons (Fsp3) is 0. The monoisotopic (exact) mass is 670 g/mol. The summed E-state index contributed by atoms with van der Waals surface area (Å²) in [4.78, 5) is 0. The van der Waals surface area contributed by atoms with E-state index in [0.29, 0.717) is 5.69 Å². The Morgan fingerprint density at radius 2 is 0.804 bits per heavy atom. The van der Waals surface area contributed by atoms with E-state index in [4.69, 9.17) is 15.1 Å². The van der Waals surface area contributed by atoms with Gasteiger partial charge in [0.05, 0.1) is 61.9 Å². The SMILES string of the molecule is [2H]c1c([2H])c([2H])c2c(c1[2H])c1c([2H])c(-n3c4c([2H])c([2H])c([2H])c([2H])c4c4c([2H])c(-c5c([2H])c([2H])c([2H])c6c7c([2H])c([2H])c([2H])c([2H])c7n(-c7ccccc7)c56)c([2H])c([2H])c43)c([2H])c([2H])c1n2-c1ccccc1. The highest BCUT2D eigenvalue weighted by Gasteiger charge is 2.19. The van der Waals surface area contributed by atoms with Crippen LogP contribution >= 0.6 is 0 Å². The van der Waals surface area contributed by atoms with E-state index in [0.717, 1.165) is 4.57 Å². The van der Waals surface area contributed by atoms with Crippen LogP contribution in [0.4, 0.5) is 0 Å². The maximum Gasteiger partial charge on any atom is 0.0652 e. The number of fused-ring (bicyclic) bond motifs is 9. The standard InChI is InChI=1S/C48H31N3/c1-3-14-33(15-4-1)49-43-23-10-9-20-39(43)42-31-35(27-29-47(42)49)50-44-24-11-8-19-38(44)41-30-32(26-28-46(41)50)36-21-13-22-40-37-18-7-12-25-45(37)51(48(36)40)34-16-5-2-6-17-34/h1-31H/i7D,8D,9D,10D,11D,12D,13D,18D,19D,20D,21D,22D,23D,24D,25D,26D,27D,28D,29D,30D,31D. The van der Waals surface area contributed by atoms with Gasteiger partial charge in [-0.1, -0.05) is 115 Å². The van der Waals surface area contributed by atoms with Crippen LogP contribution < -0.4 is 0 Å². The summed E-state index contributed by atoms with van der Waals surface area (Å²) in [5, 5.41) is -1.81. The molecule has 8 aromatic carbocycles. The van der Waals surface area contributed by atoms with Crippen molar-refractivity contribution in [3.05, 3.63) is 188 Å². The fourth-order valence-corrected chi connectivity index (χ4v) is 6.90. The molecule has 0 amide bonds. The molecule has 11 rings (SSSR count). The van der Waals surface area contributed by atoms with Gasteiger partial charge in [-0.05, 0) is 78.2 Å². The molecule has 3 nitrogen and oxygen atoms in total. The first-order valence-electron chi connectivity index (χ1n) is 26.3. The first kappa shape index (κ1) is 14.6. The summed E-state index contributed by atoms with van der Waals surface area (Å²) in [6, 6.07) is 1.65. The van der Waals surface area contributed by atoms with E-state index in [1.165, 1.54) is 9.13 Å². The van der Waals surface area contributed by atoms with Crippen LogP contribution in [0.1, 0.15) is 28.8 Å². The highest BCUT2D eigenvalue weighted by molar-refractivity contribution is 6.16. The second kappa shape index (κ2) is 10.8. The molecule has 238 valence electrons. The van der Waals surface area contributed by atoms with E-state index < -0.39 is 166 Å². The quantitative estimate of drug-likeness (QED) is 0.177. The third-order valence-corrected chi connectivity index (χ3v) is 9.02. The van der Waals surface area contributed by atoms with Gasteiger partial charge in [0.15, 0.2) is 0 Å². The number of hydrogen-bond donors (Lipinski definition) is 0. The average molecular weight is 671 g/mol. The predicted molar refractivity (Wildman–Crippen MR) is 215 cm³/mol. The molecular weight excluding hydrogens is 619 g/mol. The lowest BCUT2D eigenvalue weighted by Gasteiger charge is -2.12. The molecule has 0 radical (unpaired) electrons. The lowest BCUT2D eigenvalue weighted by Crippen LogP contribution is -1.96. The van der Waals surface area contributed by atoms with Crippen LogP contribution in [0.3, 0.4) is 0 Å². The van der Waals surface area contributed by atoms with Crippen LogP contribution in [-0.4, -0.2) is 13.7 Å². The molecule has 0 atom stereocenters. The molecule has 3 heteroatoms. The molecule has 11 aromatic rings. The number of para-hydroxylation sites is 6. The lowest BCUT2D eigenvalue weighted by atomic mass is 10.00. The van der Waals surface area contributed by atoms with Crippen molar-refractivity contribution in [2.45, 2.75) is 0 Å². The minimum Gasteiger partial charge on any atom is -0.309 e. The normalized spacial score (nSPS) is 17.7. The Hall–Kier alpha value is -6.84. The largest absolute Gasteiger partial charge is 0.309 e. The van der Waals surface area contributed by atoms with Crippen molar-refractivity contribution in [2.75, 3.05) is 0 Å². The zero-order valence-electron chi connectivity index (χ0n) is 47.1. The Morgan fingerprint density at radius 3 is 1.45 bits per heavy atom. The van der Waals surface area contributed by atoms with E-state index in [2.05, 4.69) is 0 Å². The third-order valence-electron chi connectivity index (χ3n) is 9.02. The molecule has 0 unspecified atom stereocenters. The summed E-state index contributed by atoms with van der Waals surface area (Å²) in [6.07, 6.45) is 0. The molecule has 3 aromatic heterocycles. The van der Waals surface area contributed by atoms with E-state index in [9.17, 15) is 13.7 Å². The van der Waals surface area contributed by atoms with Gasteiger partial charge in [0.1, 0.15) is 0 Å². The van der Waals surface area contributed by atoms with Crippen molar-refractivity contribution in [2.24, 2.45) is 0 Å². The van der Waals surface area contributed by atoms with Crippen molar-refractivity contribution in [1.29, 1.82) is 0 Å². The Kier molecular flexibility index (Phi) is 3.09. The zero-order valence-corrected chi connectivity index (χ0v) is 26.1. The lowest BCUT2D eigenvalue weighted by molar-refractivity contribution is 1.16. The van der Waals surface area contributed by atoms with Crippen molar-refractivity contribution in [1.82, 2.24) is 13.7 Å². The summed E-state index contributed by atoms with van der Waals surface area (Å²) in [5.41, 5.74) is -2.71. The van der Waals surface area contributed by atoms with Crippen LogP contribution in [0.2, 0.25) is 0 Å². The van der Waals surface area contributed by atoms with E-state index in [-0.39, 0.29) is 49.3 Å². The summed E-state index contributed by atoms with van der Waals surface area (Å²) in [5.74, 6) is 0. The molecule has 0 fully saturated rings. The second-order valence-electron chi connectivity index (χ2n) is 11.7. The molecule has 0 aliphatic rings. The van der Waals surface area contributed by atoms with Gasteiger partial charge in [-0.3, -0.25) is 0 Å². The topological polar surface area (TPSA) is 14.8 Å². The molecule has 0 spiro atoms. The van der Waals surface area contributed by atoms with Crippen molar-refractivity contribution in [3.8, 4) is 28.2 Å². The van der Waals surface area contributed by atoms with Gasteiger partial charge in [-0.15, -0.1) is 0 Å². The average Bonchev–Trinajstić information content (AvgIpc) is 4.05. The molecule has 51 heavy (non-hydrogen) atoms. The number of hydrogen-bond acceptors (Lipinski definition) is 0. The maximum atomic E-state index is 10.1. The van der Waals surface area contributed by atoms with Crippen LogP contribution in [0, 0.1) is 0 Å². The van der Waals surface area contributed by atoms with Crippen LogP contribution in [0.15, 0.2) is 188 Å².